The first-order valence-electron chi connectivity index (χ1n) is 9.73. The number of aromatic nitrogens is 4. The van der Waals surface area contributed by atoms with E-state index in [1.807, 2.05) is 0 Å². The zero-order valence-electron chi connectivity index (χ0n) is 16.1. The Morgan fingerprint density at radius 2 is 1.87 bits per heavy atom. The molecule has 2 heterocycles. The minimum Gasteiger partial charge on any atom is -0.357 e. The standard InChI is InChI=1S/C19H21FN6OS3/c20-13-8-6-12(7-9-13)10-21-16(27)17-24-23-15(29-17)11-28-19-26-25-18(30-19)22-14-4-2-1-3-5-14/h6-9,14H,1-5,10-11H2,(H,21,27)(H,22,25). The number of carbonyl (C=O) groups excluding carboxylic acids is 1. The van der Waals surface area contributed by atoms with Crippen molar-refractivity contribution in [3.63, 3.8) is 0 Å². The van der Waals surface area contributed by atoms with Crippen molar-refractivity contribution in [2.45, 2.75) is 54.8 Å². The van der Waals surface area contributed by atoms with E-state index in [2.05, 4.69) is 31.0 Å². The highest BCUT2D eigenvalue weighted by atomic mass is 32.2. The van der Waals surface area contributed by atoms with Crippen LogP contribution in [0.2, 0.25) is 0 Å². The largest absolute Gasteiger partial charge is 0.357 e. The van der Waals surface area contributed by atoms with Gasteiger partial charge in [0.2, 0.25) is 10.1 Å². The van der Waals surface area contributed by atoms with E-state index in [4.69, 9.17) is 0 Å². The van der Waals surface area contributed by atoms with Crippen LogP contribution in [-0.4, -0.2) is 32.3 Å². The van der Waals surface area contributed by atoms with Crippen LogP contribution < -0.4 is 10.6 Å². The number of thioether (sulfide) groups is 1. The first-order chi connectivity index (χ1) is 14.7. The normalized spacial score (nSPS) is 14.6. The molecule has 3 aromatic rings. The minimum absolute atomic E-state index is 0.289. The molecule has 2 N–H and O–H groups in total. The van der Waals surface area contributed by atoms with Crippen LogP contribution in [0.1, 0.15) is 52.5 Å². The van der Waals surface area contributed by atoms with Gasteiger partial charge in [-0.05, 0) is 30.5 Å². The van der Waals surface area contributed by atoms with Crippen LogP contribution in [0.15, 0.2) is 28.6 Å². The summed E-state index contributed by atoms with van der Waals surface area (Å²) in [5.74, 6) is -0.00680. The van der Waals surface area contributed by atoms with Crippen LogP contribution in [0.3, 0.4) is 0 Å². The van der Waals surface area contributed by atoms with Crippen LogP contribution in [0.5, 0.6) is 0 Å². The zero-order valence-corrected chi connectivity index (χ0v) is 18.6. The molecule has 2 aromatic heterocycles. The average molecular weight is 465 g/mol. The number of rotatable bonds is 8. The third-order valence-electron chi connectivity index (χ3n) is 4.69. The molecule has 30 heavy (non-hydrogen) atoms. The first-order valence-corrected chi connectivity index (χ1v) is 12.4. The minimum atomic E-state index is -0.302. The lowest BCUT2D eigenvalue weighted by atomic mass is 9.96. The van der Waals surface area contributed by atoms with Crippen LogP contribution in [0.4, 0.5) is 9.52 Å². The van der Waals surface area contributed by atoms with Crippen molar-refractivity contribution >= 4 is 45.5 Å². The summed E-state index contributed by atoms with van der Waals surface area (Å²) in [6.07, 6.45) is 6.26. The summed E-state index contributed by atoms with van der Waals surface area (Å²) in [4.78, 5) is 12.3. The number of hydrogen-bond acceptors (Lipinski definition) is 9. The molecule has 1 aliphatic carbocycles. The smallest absolute Gasteiger partial charge is 0.282 e. The van der Waals surface area contributed by atoms with Crippen molar-refractivity contribution in [1.29, 1.82) is 0 Å². The highest BCUT2D eigenvalue weighted by Gasteiger charge is 2.16. The van der Waals surface area contributed by atoms with E-state index < -0.39 is 0 Å². The van der Waals surface area contributed by atoms with Crippen molar-refractivity contribution in [3.05, 3.63) is 45.7 Å². The van der Waals surface area contributed by atoms with Gasteiger partial charge in [-0.2, -0.15) is 0 Å². The number of nitrogens with one attached hydrogen (secondary N) is 2. The lowest BCUT2D eigenvalue weighted by Gasteiger charge is -2.21. The second kappa shape index (κ2) is 10.3. The molecule has 0 bridgehead atoms. The molecular formula is C19H21FN6OS3. The van der Waals surface area contributed by atoms with E-state index in [0.717, 1.165) is 20.0 Å². The van der Waals surface area contributed by atoms with Gasteiger partial charge in [0.05, 0.1) is 5.75 Å². The second-order valence-electron chi connectivity index (χ2n) is 6.95. The maximum Gasteiger partial charge on any atom is 0.282 e. The molecule has 1 amide bonds. The molecule has 1 fully saturated rings. The lowest BCUT2D eigenvalue weighted by Crippen LogP contribution is -2.22. The van der Waals surface area contributed by atoms with E-state index >= 15 is 0 Å². The Labute approximate surface area is 185 Å². The molecule has 0 spiro atoms. The maximum absolute atomic E-state index is 12.9. The van der Waals surface area contributed by atoms with E-state index in [1.165, 1.54) is 67.3 Å². The number of anilines is 1. The Kier molecular flexibility index (Phi) is 7.24. The summed E-state index contributed by atoms with van der Waals surface area (Å²) in [5.41, 5.74) is 0.818. The van der Waals surface area contributed by atoms with Crippen LogP contribution in [0.25, 0.3) is 0 Å². The number of amides is 1. The fourth-order valence-electron chi connectivity index (χ4n) is 3.14. The molecule has 0 atom stereocenters. The van der Waals surface area contributed by atoms with Crippen molar-refractivity contribution in [1.82, 2.24) is 25.7 Å². The lowest BCUT2D eigenvalue weighted by molar-refractivity contribution is 0.0950. The number of benzene rings is 1. The Morgan fingerprint density at radius 1 is 1.07 bits per heavy atom. The van der Waals surface area contributed by atoms with Gasteiger partial charge in [-0.3, -0.25) is 4.79 Å². The predicted octanol–water partition coefficient (Wildman–Crippen LogP) is 4.50. The molecule has 1 aliphatic rings. The van der Waals surface area contributed by atoms with Crippen molar-refractivity contribution in [2.24, 2.45) is 0 Å². The number of hydrogen-bond donors (Lipinski definition) is 2. The van der Waals surface area contributed by atoms with Crippen molar-refractivity contribution < 1.29 is 9.18 Å². The van der Waals surface area contributed by atoms with Crippen LogP contribution in [0, 0.1) is 5.82 Å². The highest BCUT2D eigenvalue weighted by Crippen LogP contribution is 2.30. The topological polar surface area (TPSA) is 92.7 Å². The third kappa shape index (κ3) is 5.96. The molecule has 4 rings (SSSR count). The third-order valence-corrected chi connectivity index (χ3v) is 7.79. The molecule has 0 radical (unpaired) electrons. The van der Waals surface area contributed by atoms with Crippen molar-refractivity contribution in [2.75, 3.05) is 5.32 Å². The zero-order chi connectivity index (χ0) is 20.8. The summed E-state index contributed by atoms with van der Waals surface area (Å²) >= 11 is 4.34. The van der Waals surface area contributed by atoms with E-state index in [9.17, 15) is 9.18 Å². The van der Waals surface area contributed by atoms with Gasteiger partial charge in [0.25, 0.3) is 5.91 Å². The van der Waals surface area contributed by atoms with E-state index in [-0.39, 0.29) is 11.7 Å². The Hall–Kier alpha value is -2.11. The fourth-order valence-corrected chi connectivity index (χ4v) is 5.71. The Bertz CT molecular complexity index is 971. The fraction of sp³-hybridized carbons (Fsp3) is 0.421. The quantitative estimate of drug-likeness (QED) is 0.474. The van der Waals surface area contributed by atoms with Crippen molar-refractivity contribution in [3.8, 4) is 0 Å². The summed E-state index contributed by atoms with van der Waals surface area (Å²) in [5, 5.41) is 24.7. The van der Waals surface area contributed by atoms with Crippen LogP contribution in [-0.2, 0) is 12.3 Å². The summed E-state index contributed by atoms with van der Waals surface area (Å²) < 4.78 is 13.8. The number of halogens is 1. The molecule has 158 valence electrons. The first kappa shape index (κ1) is 21.1. The summed E-state index contributed by atoms with van der Waals surface area (Å²) in [6.45, 7) is 0.310. The van der Waals surface area contributed by atoms with E-state index in [1.54, 1.807) is 23.5 Å². The van der Waals surface area contributed by atoms with Gasteiger partial charge in [-0.25, -0.2) is 4.39 Å². The molecule has 0 unspecified atom stereocenters. The molecule has 1 saturated carbocycles. The SMILES string of the molecule is O=C(NCc1ccc(F)cc1)c1nnc(CSc2nnc(NC3CCCCC3)s2)s1. The van der Waals surface area contributed by atoms with Gasteiger partial charge in [-0.15, -0.1) is 20.4 Å². The van der Waals surface area contributed by atoms with E-state index in [0.29, 0.717) is 23.3 Å². The average Bonchev–Trinajstić information content (AvgIpc) is 3.42. The number of carbonyl (C=O) groups is 1. The molecule has 0 saturated heterocycles. The van der Waals surface area contributed by atoms with Gasteiger partial charge < -0.3 is 10.6 Å². The summed E-state index contributed by atoms with van der Waals surface area (Å²) in [7, 11) is 0. The number of nitrogens with zero attached hydrogens (tertiary/aromatic N) is 4. The Balaban J connectivity index is 1.24. The highest BCUT2D eigenvalue weighted by molar-refractivity contribution is 8.00. The predicted molar refractivity (Wildman–Crippen MR) is 117 cm³/mol. The monoisotopic (exact) mass is 464 g/mol. The molecule has 0 aliphatic heterocycles. The van der Waals surface area contributed by atoms with Gasteiger partial charge in [0, 0.05) is 12.6 Å². The molecule has 1 aromatic carbocycles. The molecule has 11 heteroatoms. The Morgan fingerprint density at radius 3 is 2.67 bits per heavy atom. The second-order valence-corrected chi connectivity index (χ2v) is 10.2. The molecule has 7 nitrogen and oxygen atoms in total. The maximum atomic E-state index is 12.9. The van der Waals surface area contributed by atoms with Crippen LogP contribution >= 0.6 is 34.4 Å². The van der Waals surface area contributed by atoms with Gasteiger partial charge in [-0.1, -0.05) is 65.8 Å². The van der Waals surface area contributed by atoms with Gasteiger partial charge >= 0.3 is 0 Å². The summed E-state index contributed by atoms with van der Waals surface area (Å²) in [6, 6.07) is 6.51. The van der Waals surface area contributed by atoms with Gasteiger partial charge in [0.15, 0.2) is 4.34 Å². The van der Waals surface area contributed by atoms with Gasteiger partial charge in [0.1, 0.15) is 10.8 Å². The molecular weight excluding hydrogens is 443 g/mol.